The minimum absolute atomic E-state index is 0.929. The summed E-state index contributed by atoms with van der Waals surface area (Å²) in [4.78, 5) is 0. The van der Waals surface area contributed by atoms with Crippen LogP contribution in [0.25, 0.3) is 249 Å². The maximum Gasteiger partial charge on any atom is 0.137 e. The first-order valence-electron chi connectivity index (χ1n) is 46.2. The number of para-hydroxylation sites is 14. The van der Waals surface area contributed by atoms with Gasteiger partial charge in [0.25, 0.3) is 0 Å². The molecule has 21 aromatic carbocycles. The van der Waals surface area contributed by atoms with E-state index in [0.29, 0.717) is 0 Å². The number of rotatable bonds is 6. The van der Waals surface area contributed by atoms with Crippen molar-refractivity contribution in [1.29, 1.82) is 0 Å². The lowest BCUT2D eigenvalue weighted by Crippen LogP contribution is -1.95. The highest BCUT2D eigenvalue weighted by Gasteiger charge is 2.25. The second kappa shape index (κ2) is 32.2. The highest BCUT2D eigenvalue weighted by atomic mass is 32.1. The molecule has 638 valence electrons. The first-order chi connectivity index (χ1) is 67.5. The number of hydrogen-bond acceptors (Lipinski definition) is 4. The molecule has 10 heterocycles. The molecule has 0 bridgehead atoms. The van der Waals surface area contributed by atoms with E-state index in [1.165, 1.54) is 210 Å². The van der Waals surface area contributed by atoms with Gasteiger partial charge in [0.2, 0.25) is 0 Å². The Morgan fingerprint density at radius 1 is 0.140 bits per heavy atom. The SMILES string of the molecule is c1ccc(-n2c3ccccc3c3c2ccc2c4ccccc4n(-c4ccccc4)c23)cc1.c1ccc(-n2c3ccccc3c3c4sc5ccccc5c4ccc32)cc1.c1ccc(-n2c3ccccc3c3cc4c(cc32)oc2ccccc24)cc1.c1ccc(-n2c3ccccc3c3cc4oc5ccccc5c4cc32)cc1.c1ccc(-n2c3ccccc3c3ccc4sc5ccccc5c4c32)cc1. The van der Waals surface area contributed by atoms with Gasteiger partial charge in [-0.2, -0.15) is 0 Å². The molecule has 8 nitrogen and oxygen atoms in total. The molecule has 0 atom stereocenters. The van der Waals surface area contributed by atoms with Crippen LogP contribution in [0.15, 0.2) is 494 Å². The topological polar surface area (TPSA) is 55.9 Å². The van der Waals surface area contributed by atoms with Gasteiger partial charge in [0, 0.05) is 167 Å². The molecule has 0 spiro atoms. The van der Waals surface area contributed by atoms with E-state index in [1.807, 2.05) is 46.9 Å². The van der Waals surface area contributed by atoms with Crippen LogP contribution in [-0.4, -0.2) is 27.4 Å². The fourth-order valence-corrected chi connectivity index (χ4v) is 23.9. The van der Waals surface area contributed by atoms with E-state index in [4.69, 9.17) is 8.83 Å². The summed E-state index contributed by atoms with van der Waals surface area (Å²) in [5, 5.41) is 25.5. The van der Waals surface area contributed by atoms with E-state index in [2.05, 4.69) is 488 Å². The van der Waals surface area contributed by atoms with E-state index in [1.54, 1.807) is 0 Å². The lowest BCUT2D eigenvalue weighted by Gasteiger charge is -2.09. The fourth-order valence-electron chi connectivity index (χ4n) is 21.5. The average molecular weight is 1770 g/mol. The maximum atomic E-state index is 6.13. The quantitative estimate of drug-likeness (QED) is 0.167. The van der Waals surface area contributed by atoms with E-state index in [-0.39, 0.29) is 0 Å². The number of hydrogen-bond donors (Lipinski definition) is 0. The molecule has 0 N–H and O–H groups in total. The molecular weight excluding hydrogens is 1690 g/mol. The standard InChI is InChI=1S/C30H20N2.2C24H15NO.2C24H15NS/c1-3-11-21(12-4-1)31-27-18-10-8-16-25(27)29-28(31)20-19-24-23-15-7-9-17-26(23)32(30(24)29)22-13-5-2-6-14-22;1-2-8-16(9-3-1)25-21-12-6-4-10-17(21)19-15-24-20(14-22(19)25)18-11-5-7-13-23(18)26-24;1-2-8-16(9-3-1)25-21-12-6-4-10-17(21)19-14-20-18-11-5-7-13-23(18)26-24(20)15-22(19)25;1-2-8-16(9-3-1)25-20-12-6-4-11-19(20)23-21(25)15-14-18-17-10-5-7-13-22(17)26-24(18)23;1-2-8-16(9-3-1)25-20-12-6-4-10-17(20)18-14-15-22-23(24(18)25)19-11-5-7-13-21(19)26-22/h1-20H;4*1-15H. The molecule has 0 aliphatic heterocycles. The molecule has 10 heteroatoms. The zero-order valence-corrected chi connectivity index (χ0v) is 75.1. The minimum atomic E-state index is 0.929. The molecular formula is C126H80N6O2S2. The first kappa shape index (κ1) is 78.3. The van der Waals surface area contributed by atoms with Crippen LogP contribution in [0.1, 0.15) is 0 Å². The fraction of sp³-hybridized carbons (Fsp3) is 0. The van der Waals surface area contributed by atoms with Gasteiger partial charge in [0.15, 0.2) is 0 Å². The van der Waals surface area contributed by atoms with E-state index in [0.717, 1.165) is 38.8 Å². The number of aromatic nitrogens is 6. The number of benzene rings is 21. The van der Waals surface area contributed by atoms with Crippen LogP contribution in [0.5, 0.6) is 0 Å². The van der Waals surface area contributed by atoms with Gasteiger partial charge in [-0.25, -0.2) is 0 Å². The van der Waals surface area contributed by atoms with Gasteiger partial charge in [0.05, 0.1) is 66.2 Å². The highest BCUT2D eigenvalue weighted by molar-refractivity contribution is 7.27. The molecule has 10 aromatic heterocycles. The Kier molecular flexibility index (Phi) is 18.5. The molecule has 0 amide bonds. The van der Waals surface area contributed by atoms with Crippen molar-refractivity contribution in [3.63, 3.8) is 0 Å². The Hall–Kier alpha value is -17.5. The van der Waals surface area contributed by atoms with Gasteiger partial charge in [-0.15, -0.1) is 22.7 Å². The highest BCUT2D eigenvalue weighted by Crippen LogP contribution is 2.49. The third-order valence-corrected chi connectivity index (χ3v) is 29.6. The summed E-state index contributed by atoms with van der Waals surface area (Å²) < 4.78 is 32.0. The van der Waals surface area contributed by atoms with Crippen molar-refractivity contribution in [3.05, 3.63) is 485 Å². The third kappa shape index (κ3) is 12.6. The molecule has 0 saturated carbocycles. The number of thiophene rings is 2. The van der Waals surface area contributed by atoms with Crippen LogP contribution in [0, 0.1) is 0 Å². The summed E-state index contributed by atoms with van der Waals surface area (Å²) in [7, 11) is 0. The second-order valence-corrected chi connectivity index (χ2v) is 36.9. The van der Waals surface area contributed by atoms with Crippen LogP contribution in [-0.2, 0) is 0 Å². The van der Waals surface area contributed by atoms with Gasteiger partial charge < -0.3 is 36.2 Å². The van der Waals surface area contributed by atoms with Crippen molar-refractivity contribution in [2.24, 2.45) is 0 Å². The maximum absolute atomic E-state index is 6.13. The monoisotopic (exact) mass is 1770 g/mol. The first-order valence-corrected chi connectivity index (χ1v) is 47.8. The normalized spacial score (nSPS) is 11.8. The number of nitrogens with zero attached hydrogens (tertiary/aromatic N) is 6. The number of fused-ring (bicyclic) bond motifs is 33. The second-order valence-electron chi connectivity index (χ2n) is 34.8. The summed E-state index contributed by atoms with van der Waals surface area (Å²) >= 11 is 3.78. The minimum Gasteiger partial charge on any atom is -0.456 e. The van der Waals surface area contributed by atoms with Crippen LogP contribution in [0.4, 0.5) is 0 Å². The molecule has 0 unspecified atom stereocenters. The largest absolute Gasteiger partial charge is 0.456 e. The molecule has 0 fully saturated rings. The predicted molar refractivity (Wildman–Crippen MR) is 579 cm³/mol. The van der Waals surface area contributed by atoms with Gasteiger partial charge in [-0.3, -0.25) is 0 Å². The van der Waals surface area contributed by atoms with Crippen molar-refractivity contribution in [2.45, 2.75) is 0 Å². The molecule has 0 radical (unpaired) electrons. The smallest absolute Gasteiger partial charge is 0.137 e. The Bertz CT molecular complexity index is 10100. The van der Waals surface area contributed by atoms with E-state index >= 15 is 0 Å². The molecule has 0 saturated heterocycles. The van der Waals surface area contributed by atoms with Crippen LogP contribution in [0.3, 0.4) is 0 Å². The van der Waals surface area contributed by atoms with Crippen LogP contribution in [0.2, 0.25) is 0 Å². The van der Waals surface area contributed by atoms with Crippen molar-refractivity contribution in [3.8, 4) is 34.1 Å². The predicted octanol–water partition coefficient (Wildman–Crippen LogP) is 35.6. The van der Waals surface area contributed by atoms with Crippen molar-refractivity contribution < 1.29 is 8.83 Å². The Labute approximate surface area is 787 Å². The Balaban J connectivity index is 0.0000000864. The molecule has 136 heavy (non-hydrogen) atoms. The summed E-state index contributed by atoms with van der Waals surface area (Å²) in [5.74, 6) is 0. The van der Waals surface area contributed by atoms with Crippen molar-refractivity contribution in [2.75, 3.05) is 0 Å². The molecule has 31 rings (SSSR count). The Morgan fingerprint density at radius 2 is 0.441 bits per heavy atom. The van der Waals surface area contributed by atoms with E-state index < -0.39 is 0 Å². The van der Waals surface area contributed by atoms with Gasteiger partial charge in [-0.05, 0) is 170 Å². The zero-order valence-electron chi connectivity index (χ0n) is 73.5. The summed E-state index contributed by atoms with van der Waals surface area (Å²) in [6, 6.07) is 172. The summed E-state index contributed by atoms with van der Waals surface area (Å²) in [6.45, 7) is 0. The average Bonchev–Trinajstić information content (AvgIpc) is 1.54. The van der Waals surface area contributed by atoms with Gasteiger partial charge in [-0.1, -0.05) is 309 Å². The van der Waals surface area contributed by atoms with Gasteiger partial charge >= 0.3 is 0 Å². The van der Waals surface area contributed by atoms with E-state index in [9.17, 15) is 0 Å². The van der Waals surface area contributed by atoms with Gasteiger partial charge in [0.1, 0.15) is 22.3 Å². The van der Waals surface area contributed by atoms with Crippen molar-refractivity contribution >= 4 is 238 Å². The summed E-state index contributed by atoms with van der Waals surface area (Å²) in [5.41, 5.74) is 25.7. The number of furan rings is 2. The molecule has 31 aromatic rings. The lowest BCUT2D eigenvalue weighted by atomic mass is 10.1. The van der Waals surface area contributed by atoms with Crippen molar-refractivity contribution in [1.82, 2.24) is 27.4 Å². The van der Waals surface area contributed by atoms with Crippen LogP contribution < -0.4 is 0 Å². The summed E-state index contributed by atoms with van der Waals surface area (Å²) in [6.07, 6.45) is 0. The van der Waals surface area contributed by atoms with Crippen LogP contribution >= 0.6 is 22.7 Å². The molecule has 0 aliphatic rings. The molecule has 0 aliphatic carbocycles. The third-order valence-electron chi connectivity index (χ3n) is 27.3. The Morgan fingerprint density at radius 3 is 0.912 bits per heavy atom. The lowest BCUT2D eigenvalue weighted by molar-refractivity contribution is 0.669. The zero-order chi connectivity index (χ0) is 89.4.